The number of anilines is 1. The Bertz CT molecular complexity index is 330. The van der Waals surface area contributed by atoms with Crippen molar-refractivity contribution in [3.63, 3.8) is 0 Å². The van der Waals surface area contributed by atoms with Crippen molar-refractivity contribution in [2.75, 3.05) is 5.32 Å². The fourth-order valence-electron chi connectivity index (χ4n) is 1.79. The molecule has 2 atom stereocenters. The average molecular weight is 188 g/mol. The summed E-state index contributed by atoms with van der Waals surface area (Å²) in [7, 11) is 0. The summed E-state index contributed by atoms with van der Waals surface area (Å²) in [6.07, 6.45) is 6.37. The summed E-state index contributed by atoms with van der Waals surface area (Å²) in [5, 5.41) is 12.0. The lowest BCUT2D eigenvalue weighted by Crippen LogP contribution is -2.17. The molecule has 2 unspecified atom stereocenters. The SMILES string of the molecule is N#CC1CCC(Nc2ncccn2)C1. The molecule has 0 saturated heterocycles. The van der Waals surface area contributed by atoms with E-state index in [1.807, 2.05) is 0 Å². The van der Waals surface area contributed by atoms with Gasteiger partial charge in [-0.3, -0.25) is 0 Å². The largest absolute Gasteiger partial charge is 0.351 e. The van der Waals surface area contributed by atoms with E-state index in [-0.39, 0.29) is 5.92 Å². The van der Waals surface area contributed by atoms with Gasteiger partial charge >= 0.3 is 0 Å². The molecule has 1 aliphatic carbocycles. The highest BCUT2D eigenvalue weighted by Crippen LogP contribution is 2.26. The fraction of sp³-hybridized carbons (Fsp3) is 0.500. The summed E-state index contributed by atoms with van der Waals surface area (Å²) in [6.45, 7) is 0. The first-order valence-corrected chi connectivity index (χ1v) is 4.81. The standard InChI is InChI=1S/C10H12N4/c11-7-8-2-3-9(6-8)14-10-12-4-1-5-13-10/h1,4-5,8-9H,2-3,6H2,(H,12,13,14). The Kier molecular flexibility index (Phi) is 2.59. The highest BCUT2D eigenvalue weighted by molar-refractivity contribution is 5.25. The molecule has 4 heteroatoms. The van der Waals surface area contributed by atoms with Crippen molar-refractivity contribution in [1.29, 1.82) is 5.26 Å². The number of rotatable bonds is 2. The van der Waals surface area contributed by atoms with Crippen molar-refractivity contribution in [2.45, 2.75) is 25.3 Å². The van der Waals surface area contributed by atoms with E-state index in [9.17, 15) is 0 Å². The smallest absolute Gasteiger partial charge is 0.222 e. The molecule has 1 heterocycles. The summed E-state index contributed by atoms with van der Waals surface area (Å²) >= 11 is 0. The molecule has 1 aliphatic rings. The van der Waals surface area contributed by atoms with Crippen LogP contribution in [-0.4, -0.2) is 16.0 Å². The molecule has 1 N–H and O–H groups in total. The van der Waals surface area contributed by atoms with Crippen LogP contribution in [0.25, 0.3) is 0 Å². The minimum Gasteiger partial charge on any atom is -0.351 e. The molecular weight excluding hydrogens is 176 g/mol. The molecule has 1 aromatic heterocycles. The van der Waals surface area contributed by atoms with Gasteiger partial charge in [-0.1, -0.05) is 0 Å². The molecule has 0 aliphatic heterocycles. The summed E-state index contributed by atoms with van der Waals surface area (Å²) in [5.41, 5.74) is 0. The zero-order valence-corrected chi connectivity index (χ0v) is 7.85. The van der Waals surface area contributed by atoms with Crippen LogP contribution in [0.1, 0.15) is 19.3 Å². The van der Waals surface area contributed by atoms with Gasteiger partial charge in [0.1, 0.15) is 0 Å². The van der Waals surface area contributed by atoms with Gasteiger partial charge in [0.05, 0.1) is 6.07 Å². The molecule has 1 fully saturated rings. The lowest BCUT2D eigenvalue weighted by molar-refractivity contribution is 0.681. The molecule has 1 saturated carbocycles. The van der Waals surface area contributed by atoms with Crippen molar-refractivity contribution in [3.05, 3.63) is 18.5 Å². The Hall–Kier alpha value is -1.63. The van der Waals surface area contributed by atoms with Gasteiger partial charge in [-0.25, -0.2) is 9.97 Å². The number of hydrogen-bond acceptors (Lipinski definition) is 4. The Morgan fingerprint density at radius 3 is 2.79 bits per heavy atom. The maximum absolute atomic E-state index is 8.74. The second-order valence-electron chi connectivity index (χ2n) is 3.55. The van der Waals surface area contributed by atoms with Crippen LogP contribution in [-0.2, 0) is 0 Å². The van der Waals surface area contributed by atoms with E-state index in [0.29, 0.717) is 12.0 Å². The fourth-order valence-corrected chi connectivity index (χ4v) is 1.79. The maximum atomic E-state index is 8.74. The normalized spacial score (nSPS) is 25.6. The van der Waals surface area contributed by atoms with Crippen LogP contribution < -0.4 is 5.32 Å². The van der Waals surface area contributed by atoms with Gasteiger partial charge in [0, 0.05) is 24.4 Å². The first-order chi connectivity index (χ1) is 6.88. The summed E-state index contributed by atoms with van der Waals surface area (Å²) in [6, 6.07) is 4.45. The van der Waals surface area contributed by atoms with Crippen LogP contribution in [0.2, 0.25) is 0 Å². The first kappa shape index (κ1) is 8.95. The van der Waals surface area contributed by atoms with Gasteiger partial charge in [-0.05, 0) is 25.3 Å². The molecule has 4 nitrogen and oxygen atoms in total. The molecule has 14 heavy (non-hydrogen) atoms. The lowest BCUT2D eigenvalue weighted by Gasteiger charge is -2.10. The van der Waals surface area contributed by atoms with E-state index in [1.165, 1.54) is 0 Å². The molecule has 2 rings (SSSR count). The topological polar surface area (TPSA) is 61.6 Å². The molecule has 0 bridgehead atoms. The van der Waals surface area contributed by atoms with E-state index >= 15 is 0 Å². The third kappa shape index (κ3) is 1.99. The third-order valence-electron chi connectivity index (χ3n) is 2.51. The van der Waals surface area contributed by atoms with Crippen LogP contribution in [0.4, 0.5) is 5.95 Å². The molecule has 72 valence electrons. The van der Waals surface area contributed by atoms with E-state index in [0.717, 1.165) is 19.3 Å². The van der Waals surface area contributed by atoms with E-state index < -0.39 is 0 Å². The number of hydrogen-bond donors (Lipinski definition) is 1. The van der Waals surface area contributed by atoms with Crippen molar-refractivity contribution in [1.82, 2.24) is 9.97 Å². The molecule has 0 spiro atoms. The van der Waals surface area contributed by atoms with Gasteiger partial charge in [-0.2, -0.15) is 5.26 Å². The number of nitrogens with one attached hydrogen (secondary N) is 1. The Labute approximate surface area is 83.0 Å². The average Bonchev–Trinajstić information content (AvgIpc) is 2.67. The van der Waals surface area contributed by atoms with Crippen molar-refractivity contribution >= 4 is 5.95 Å². The Balaban J connectivity index is 1.91. The van der Waals surface area contributed by atoms with Gasteiger partial charge in [0.2, 0.25) is 5.95 Å². The van der Waals surface area contributed by atoms with Gasteiger partial charge < -0.3 is 5.32 Å². The summed E-state index contributed by atoms with van der Waals surface area (Å²) in [4.78, 5) is 8.18. The molecule has 0 amide bonds. The minimum atomic E-state index is 0.205. The van der Waals surface area contributed by atoms with Crippen LogP contribution in [0.15, 0.2) is 18.5 Å². The number of nitriles is 1. The van der Waals surface area contributed by atoms with Gasteiger partial charge in [0.25, 0.3) is 0 Å². The van der Waals surface area contributed by atoms with Crippen LogP contribution in [0.3, 0.4) is 0 Å². The van der Waals surface area contributed by atoms with Gasteiger partial charge in [-0.15, -0.1) is 0 Å². The Morgan fingerprint density at radius 1 is 1.36 bits per heavy atom. The van der Waals surface area contributed by atoms with E-state index in [2.05, 4.69) is 21.4 Å². The number of nitrogens with zero attached hydrogens (tertiary/aromatic N) is 3. The number of aromatic nitrogens is 2. The van der Waals surface area contributed by atoms with Gasteiger partial charge in [0.15, 0.2) is 0 Å². The van der Waals surface area contributed by atoms with Crippen LogP contribution in [0, 0.1) is 17.2 Å². The monoisotopic (exact) mass is 188 g/mol. The summed E-state index contributed by atoms with van der Waals surface area (Å²) < 4.78 is 0. The van der Waals surface area contributed by atoms with Crippen molar-refractivity contribution < 1.29 is 0 Å². The Morgan fingerprint density at radius 2 is 2.14 bits per heavy atom. The van der Waals surface area contributed by atoms with Crippen molar-refractivity contribution in [2.24, 2.45) is 5.92 Å². The lowest BCUT2D eigenvalue weighted by atomic mass is 10.1. The molecule has 1 aromatic rings. The van der Waals surface area contributed by atoms with Crippen LogP contribution >= 0.6 is 0 Å². The zero-order valence-electron chi connectivity index (χ0n) is 7.85. The predicted octanol–water partition coefficient (Wildman–Crippen LogP) is 1.58. The quantitative estimate of drug-likeness (QED) is 0.765. The predicted molar refractivity (Wildman–Crippen MR) is 52.4 cm³/mol. The minimum absolute atomic E-state index is 0.205. The second kappa shape index (κ2) is 4.05. The second-order valence-corrected chi connectivity index (χ2v) is 3.55. The first-order valence-electron chi connectivity index (χ1n) is 4.81. The third-order valence-corrected chi connectivity index (χ3v) is 2.51. The maximum Gasteiger partial charge on any atom is 0.222 e. The molecular formula is C10H12N4. The van der Waals surface area contributed by atoms with E-state index in [1.54, 1.807) is 18.5 Å². The highest BCUT2D eigenvalue weighted by atomic mass is 15.1. The molecule has 0 radical (unpaired) electrons. The zero-order chi connectivity index (χ0) is 9.80. The highest BCUT2D eigenvalue weighted by Gasteiger charge is 2.24. The summed E-state index contributed by atoms with van der Waals surface area (Å²) in [5.74, 6) is 0.868. The molecule has 0 aromatic carbocycles. The van der Waals surface area contributed by atoms with E-state index in [4.69, 9.17) is 5.26 Å². The van der Waals surface area contributed by atoms with Crippen LogP contribution in [0.5, 0.6) is 0 Å². The van der Waals surface area contributed by atoms with Crippen molar-refractivity contribution in [3.8, 4) is 6.07 Å².